The van der Waals surface area contributed by atoms with Gasteiger partial charge in [0.1, 0.15) is 12.6 Å². The first-order valence-electron chi connectivity index (χ1n) is 11.8. The lowest BCUT2D eigenvalue weighted by molar-refractivity contribution is -0.137. The summed E-state index contributed by atoms with van der Waals surface area (Å²) in [6.45, 7) is 4.08. The number of hydrogen-bond donors (Lipinski definition) is 1. The first-order chi connectivity index (χ1) is 17.4. The molecule has 0 radical (unpaired) electrons. The van der Waals surface area contributed by atoms with Crippen molar-refractivity contribution in [2.45, 2.75) is 32.9 Å². The molecule has 1 fully saturated rings. The van der Waals surface area contributed by atoms with Crippen LogP contribution in [0, 0.1) is 5.92 Å². The van der Waals surface area contributed by atoms with Crippen LogP contribution in [0.4, 0.5) is 5.69 Å². The van der Waals surface area contributed by atoms with Crippen molar-refractivity contribution in [3.8, 4) is 11.1 Å². The number of hydrogen-bond acceptors (Lipinski definition) is 6. The van der Waals surface area contributed by atoms with E-state index in [-0.39, 0.29) is 30.1 Å². The molecule has 1 aliphatic heterocycles. The van der Waals surface area contributed by atoms with E-state index in [4.69, 9.17) is 0 Å². The van der Waals surface area contributed by atoms with Gasteiger partial charge in [0.05, 0.1) is 24.3 Å². The Labute approximate surface area is 208 Å². The van der Waals surface area contributed by atoms with Gasteiger partial charge in [0.15, 0.2) is 5.78 Å². The Balaban J connectivity index is 1.41. The van der Waals surface area contributed by atoms with Gasteiger partial charge in [0.2, 0.25) is 11.8 Å². The Morgan fingerprint density at radius 1 is 1.06 bits per heavy atom. The average molecular weight is 483 g/mol. The SMILES string of the molecule is CC(=O)c1cn(CC(=O)N2C[C@H](C)CC2C(=O)Nc2cccnc2)c2ccc(-c3ccnnc3)cc12. The van der Waals surface area contributed by atoms with E-state index in [1.165, 1.54) is 6.92 Å². The predicted molar refractivity (Wildman–Crippen MR) is 135 cm³/mol. The van der Waals surface area contributed by atoms with Crippen LogP contribution in [0.3, 0.4) is 0 Å². The average Bonchev–Trinajstić information content (AvgIpc) is 3.46. The number of amides is 2. The molecular weight excluding hydrogens is 456 g/mol. The van der Waals surface area contributed by atoms with Gasteiger partial charge in [-0.05, 0) is 55.2 Å². The van der Waals surface area contributed by atoms with Crippen LogP contribution in [0.5, 0.6) is 0 Å². The highest BCUT2D eigenvalue weighted by Gasteiger charge is 2.38. The number of fused-ring (bicyclic) bond motifs is 1. The molecule has 1 N–H and O–H groups in total. The van der Waals surface area contributed by atoms with E-state index in [1.807, 2.05) is 31.2 Å². The summed E-state index contributed by atoms with van der Waals surface area (Å²) in [4.78, 5) is 44.6. The topological polar surface area (TPSA) is 110 Å². The van der Waals surface area contributed by atoms with Gasteiger partial charge in [0.25, 0.3) is 0 Å². The Morgan fingerprint density at radius 2 is 1.92 bits per heavy atom. The molecule has 9 heteroatoms. The fourth-order valence-corrected chi connectivity index (χ4v) is 4.82. The van der Waals surface area contributed by atoms with E-state index in [2.05, 4.69) is 20.5 Å². The number of carbonyl (C=O) groups is 3. The smallest absolute Gasteiger partial charge is 0.247 e. The third-order valence-corrected chi connectivity index (χ3v) is 6.55. The molecule has 1 aliphatic rings. The summed E-state index contributed by atoms with van der Waals surface area (Å²) in [6.07, 6.45) is 8.81. The number of ketones is 1. The molecule has 182 valence electrons. The summed E-state index contributed by atoms with van der Waals surface area (Å²) in [5.41, 5.74) is 3.71. The van der Waals surface area contributed by atoms with Crippen LogP contribution in [0.1, 0.15) is 30.6 Å². The second-order valence-corrected chi connectivity index (χ2v) is 9.22. The van der Waals surface area contributed by atoms with Crippen LogP contribution in [0.25, 0.3) is 22.0 Å². The molecule has 0 spiro atoms. The van der Waals surface area contributed by atoms with Crippen LogP contribution < -0.4 is 5.32 Å². The van der Waals surface area contributed by atoms with Crippen molar-refractivity contribution in [2.24, 2.45) is 5.92 Å². The van der Waals surface area contributed by atoms with Crippen molar-refractivity contribution >= 4 is 34.2 Å². The van der Waals surface area contributed by atoms with Crippen molar-refractivity contribution < 1.29 is 14.4 Å². The third kappa shape index (κ3) is 4.59. The van der Waals surface area contributed by atoms with Crippen LogP contribution in [-0.4, -0.2) is 54.8 Å². The zero-order valence-electron chi connectivity index (χ0n) is 20.1. The highest BCUT2D eigenvalue weighted by atomic mass is 16.2. The number of carbonyl (C=O) groups excluding carboxylic acids is 3. The maximum atomic E-state index is 13.5. The maximum absolute atomic E-state index is 13.5. The summed E-state index contributed by atoms with van der Waals surface area (Å²) in [7, 11) is 0. The molecular formula is C27H26N6O3. The van der Waals surface area contributed by atoms with E-state index in [0.29, 0.717) is 24.2 Å². The lowest BCUT2D eigenvalue weighted by atomic mass is 10.0. The monoisotopic (exact) mass is 482 g/mol. The molecule has 1 aromatic carbocycles. The van der Waals surface area contributed by atoms with Gasteiger partial charge < -0.3 is 14.8 Å². The van der Waals surface area contributed by atoms with Gasteiger partial charge >= 0.3 is 0 Å². The van der Waals surface area contributed by atoms with Crippen LogP contribution >= 0.6 is 0 Å². The molecule has 4 heterocycles. The maximum Gasteiger partial charge on any atom is 0.247 e. The number of aromatic nitrogens is 4. The number of rotatable bonds is 6. The van der Waals surface area contributed by atoms with Crippen molar-refractivity contribution in [3.63, 3.8) is 0 Å². The normalized spacial score (nSPS) is 17.3. The fraction of sp³-hybridized carbons (Fsp3) is 0.259. The molecule has 3 aromatic heterocycles. The Hall–Kier alpha value is -4.40. The minimum absolute atomic E-state index is 0.0311. The second kappa shape index (κ2) is 9.69. The summed E-state index contributed by atoms with van der Waals surface area (Å²) >= 11 is 0. The molecule has 5 rings (SSSR count). The number of Topliss-reactive ketones (excluding diaryl/α,β-unsaturated/α-hetero) is 1. The lowest BCUT2D eigenvalue weighted by Gasteiger charge is -2.24. The summed E-state index contributed by atoms with van der Waals surface area (Å²) in [5, 5.41) is 11.4. The van der Waals surface area contributed by atoms with Gasteiger partial charge in [-0.2, -0.15) is 10.2 Å². The molecule has 36 heavy (non-hydrogen) atoms. The molecule has 0 aliphatic carbocycles. The van der Waals surface area contributed by atoms with Gasteiger partial charge in [-0.1, -0.05) is 13.0 Å². The number of likely N-dealkylation sites (tertiary alicyclic amines) is 1. The fourth-order valence-electron chi connectivity index (χ4n) is 4.82. The molecule has 2 atom stereocenters. The highest BCUT2D eigenvalue weighted by Crippen LogP contribution is 2.29. The standard InChI is InChI=1S/C27H26N6O3/c1-17-10-25(27(36)31-21-4-3-8-28-13-21)33(14-17)26(35)16-32-15-23(18(2)34)22-11-19(5-6-24(22)32)20-7-9-29-30-12-20/h3-9,11-13,15,17,25H,10,14,16H2,1-2H3,(H,31,36)/t17-,25?/m1/s1. The minimum atomic E-state index is -0.562. The van der Waals surface area contributed by atoms with Gasteiger partial charge in [-0.25, -0.2) is 0 Å². The van der Waals surface area contributed by atoms with Crippen molar-refractivity contribution in [2.75, 3.05) is 11.9 Å². The Kier molecular flexibility index (Phi) is 6.28. The van der Waals surface area contributed by atoms with Crippen LogP contribution in [0.15, 0.2) is 67.4 Å². The summed E-state index contributed by atoms with van der Waals surface area (Å²) in [5.74, 6) is -0.276. The largest absolute Gasteiger partial charge is 0.337 e. The first kappa shape index (κ1) is 23.3. The summed E-state index contributed by atoms with van der Waals surface area (Å²) < 4.78 is 1.79. The number of nitrogens with zero attached hydrogens (tertiary/aromatic N) is 5. The van der Waals surface area contributed by atoms with E-state index < -0.39 is 6.04 Å². The van der Waals surface area contributed by atoms with Gasteiger partial charge in [0, 0.05) is 41.0 Å². The quantitative estimate of drug-likeness (QED) is 0.421. The van der Waals surface area contributed by atoms with Crippen molar-refractivity contribution in [1.82, 2.24) is 24.6 Å². The van der Waals surface area contributed by atoms with Crippen molar-refractivity contribution in [1.29, 1.82) is 0 Å². The number of anilines is 1. The van der Waals surface area contributed by atoms with Gasteiger partial charge in [-0.3, -0.25) is 19.4 Å². The van der Waals surface area contributed by atoms with Crippen LogP contribution in [-0.2, 0) is 16.1 Å². The Bertz CT molecular complexity index is 1430. The number of nitrogens with one attached hydrogen (secondary N) is 1. The van der Waals surface area contributed by atoms with Crippen molar-refractivity contribution in [3.05, 3.63) is 72.9 Å². The molecule has 2 amide bonds. The summed E-state index contributed by atoms with van der Waals surface area (Å²) in [6, 6.07) is 10.6. The van der Waals surface area contributed by atoms with E-state index in [0.717, 1.165) is 22.0 Å². The van der Waals surface area contributed by atoms with E-state index >= 15 is 0 Å². The zero-order chi connectivity index (χ0) is 25.2. The van der Waals surface area contributed by atoms with Crippen LogP contribution in [0.2, 0.25) is 0 Å². The number of benzene rings is 1. The van der Waals surface area contributed by atoms with E-state index in [9.17, 15) is 14.4 Å². The van der Waals surface area contributed by atoms with E-state index in [1.54, 1.807) is 52.6 Å². The number of pyridine rings is 1. The molecule has 0 saturated carbocycles. The molecule has 9 nitrogen and oxygen atoms in total. The molecule has 1 saturated heterocycles. The Morgan fingerprint density at radius 3 is 2.64 bits per heavy atom. The molecule has 4 aromatic rings. The minimum Gasteiger partial charge on any atom is -0.337 e. The van der Waals surface area contributed by atoms with Gasteiger partial charge in [-0.15, -0.1) is 0 Å². The second-order valence-electron chi connectivity index (χ2n) is 9.22. The highest BCUT2D eigenvalue weighted by molar-refractivity contribution is 6.08. The first-order valence-corrected chi connectivity index (χ1v) is 11.8. The lowest BCUT2D eigenvalue weighted by Crippen LogP contribution is -2.44. The zero-order valence-corrected chi connectivity index (χ0v) is 20.1. The third-order valence-electron chi connectivity index (χ3n) is 6.55. The predicted octanol–water partition coefficient (Wildman–Crippen LogP) is 3.57. The molecule has 0 bridgehead atoms. The molecule has 1 unspecified atom stereocenters.